The number of rotatable bonds is 5. The maximum atomic E-state index is 2.31. The van der Waals surface area contributed by atoms with Crippen molar-refractivity contribution in [2.45, 2.75) is 45.4 Å². The molecule has 0 saturated carbocycles. The molecule has 1 aromatic carbocycles. The van der Waals surface area contributed by atoms with Crippen molar-refractivity contribution in [3.8, 4) is 0 Å². The number of hydrogen-bond donors (Lipinski definition) is 0. The van der Waals surface area contributed by atoms with Crippen LogP contribution in [0.2, 0.25) is 0 Å². The number of benzene rings is 1. The van der Waals surface area contributed by atoms with E-state index in [0.29, 0.717) is 0 Å². The Labute approximate surface area is 96.6 Å². The van der Waals surface area contributed by atoms with E-state index in [1.165, 1.54) is 35.6 Å². The van der Waals surface area contributed by atoms with Gasteiger partial charge in [0.05, 0.1) is 0 Å². The Bertz CT molecular complexity index is 244. The summed E-state index contributed by atoms with van der Waals surface area (Å²) in [5, 5.41) is 0. The van der Waals surface area contributed by atoms with E-state index in [1.807, 2.05) is 0 Å². The molecule has 0 N–H and O–H groups in total. The molecule has 14 heavy (non-hydrogen) atoms. The van der Waals surface area contributed by atoms with Crippen molar-refractivity contribution in [2.24, 2.45) is 0 Å². The molecule has 0 aromatic heterocycles. The second kappa shape index (κ2) is 6.30. The van der Waals surface area contributed by atoms with Crippen LogP contribution in [0.4, 0.5) is 0 Å². The molecule has 1 aromatic rings. The molecule has 0 spiro atoms. The minimum absolute atomic E-state index is 0.790. The first-order chi connectivity index (χ1) is 6.77. The van der Waals surface area contributed by atoms with Gasteiger partial charge in [0, 0.05) is 0 Å². The van der Waals surface area contributed by atoms with Gasteiger partial charge in [-0.1, -0.05) is 0 Å². The summed E-state index contributed by atoms with van der Waals surface area (Å²) in [6.45, 7) is 4.56. The molecular weight excluding hydrogens is 231 g/mol. The zero-order valence-electron chi connectivity index (χ0n) is 9.29. The van der Waals surface area contributed by atoms with Crippen molar-refractivity contribution < 1.29 is 0 Å². The molecule has 0 radical (unpaired) electrons. The zero-order chi connectivity index (χ0) is 10.4. The Morgan fingerprint density at radius 1 is 1.00 bits per heavy atom. The van der Waals surface area contributed by atoms with E-state index in [4.69, 9.17) is 0 Å². The normalized spacial score (nSPS) is 10.9. The summed E-state index contributed by atoms with van der Waals surface area (Å²) < 4.78 is 1.42. The summed E-state index contributed by atoms with van der Waals surface area (Å²) in [7, 11) is 0. The SMILES string of the molecule is CCCC(CCC)c1ccc([AsH2])cc1. The average Bonchev–Trinajstić information content (AvgIpc) is 2.19. The van der Waals surface area contributed by atoms with E-state index < -0.39 is 0 Å². The Hall–Kier alpha value is -0.222. The zero-order valence-corrected chi connectivity index (χ0v) is 11.7. The van der Waals surface area contributed by atoms with Crippen molar-refractivity contribution in [3.05, 3.63) is 29.8 Å². The molecule has 0 aliphatic heterocycles. The van der Waals surface area contributed by atoms with Crippen molar-refractivity contribution in [1.82, 2.24) is 0 Å². The Morgan fingerprint density at radius 2 is 1.50 bits per heavy atom. The van der Waals surface area contributed by atoms with Gasteiger partial charge in [-0.2, -0.15) is 0 Å². The molecule has 0 nitrogen and oxygen atoms in total. The molecule has 1 heteroatoms. The molecule has 78 valence electrons. The van der Waals surface area contributed by atoms with Crippen LogP contribution in [0.15, 0.2) is 24.3 Å². The summed E-state index contributed by atoms with van der Waals surface area (Å²) in [4.78, 5) is 0. The number of hydrogen-bond acceptors (Lipinski definition) is 0. The second-order valence-corrected chi connectivity index (χ2v) is 5.34. The predicted molar refractivity (Wildman–Crippen MR) is 67.2 cm³/mol. The van der Waals surface area contributed by atoms with Gasteiger partial charge in [-0.15, -0.1) is 0 Å². The van der Waals surface area contributed by atoms with Crippen LogP contribution in [0, 0.1) is 0 Å². The van der Waals surface area contributed by atoms with E-state index in [-0.39, 0.29) is 0 Å². The summed E-state index contributed by atoms with van der Waals surface area (Å²) in [6, 6.07) is 9.14. The van der Waals surface area contributed by atoms with Crippen molar-refractivity contribution in [1.29, 1.82) is 0 Å². The standard InChI is InChI=1S/C13H21As/c1-3-5-11(6-4-2)12-7-9-13(14)10-8-12/h7-11H,3-6,14H2,1-2H3. The minimum atomic E-state index is 0.790. The fraction of sp³-hybridized carbons (Fsp3) is 0.538. The third-order valence-electron chi connectivity index (χ3n) is 2.68. The molecule has 0 aliphatic rings. The van der Waals surface area contributed by atoms with Crippen LogP contribution in [-0.4, -0.2) is 16.9 Å². The summed E-state index contributed by atoms with van der Waals surface area (Å²) >= 11 is 1.71. The van der Waals surface area contributed by atoms with E-state index in [0.717, 1.165) is 5.92 Å². The predicted octanol–water partition coefficient (Wildman–Crippen LogP) is 2.63. The maximum absolute atomic E-state index is 2.31. The van der Waals surface area contributed by atoms with Crippen LogP contribution in [0.25, 0.3) is 0 Å². The molecular formula is C13H21As. The fourth-order valence-electron chi connectivity index (χ4n) is 1.94. The van der Waals surface area contributed by atoms with E-state index in [9.17, 15) is 0 Å². The summed E-state index contributed by atoms with van der Waals surface area (Å²) in [6.07, 6.45) is 5.26. The second-order valence-electron chi connectivity index (χ2n) is 3.94. The van der Waals surface area contributed by atoms with Crippen LogP contribution in [0.5, 0.6) is 0 Å². The first-order valence-electron chi connectivity index (χ1n) is 5.63. The van der Waals surface area contributed by atoms with Gasteiger partial charge in [-0.05, 0) is 0 Å². The summed E-state index contributed by atoms with van der Waals surface area (Å²) in [5.74, 6) is 0.790. The van der Waals surface area contributed by atoms with Crippen LogP contribution in [0.3, 0.4) is 0 Å². The molecule has 0 saturated heterocycles. The van der Waals surface area contributed by atoms with Gasteiger partial charge >= 0.3 is 96.5 Å². The van der Waals surface area contributed by atoms with Gasteiger partial charge in [0.15, 0.2) is 0 Å². The van der Waals surface area contributed by atoms with Crippen molar-refractivity contribution in [3.63, 3.8) is 0 Å². The first-order valence-corrected chi connectivity index (χ1v) is 6.84. The third-order valence-corrected chi connectivity index (χ3v) is 3.49. The molecule has 0 heterocycles. The van der Waals surface area contributed by atoms with Crippen LogP contribution in [0.1, 0.15) is 51.0 Å². The monoisotopic (exact) mass is 252 g/mol. The van der Waals surface area contributed by atoms with E-state index in [2.05, 4.69) is 38.1 Å². The van der Waals surface area contributed by atoms with Gasteiger partial charge < -0.3 is 0 Å². The van der Waals surface area contributed by atoms with Crippen LogP contribution < -0.4 is 4.35 Å². The van der Waals surface area contributed by atoms with Crippen LogP contribution in [-0.2, 0) is 0 Å². The van der Waals surface area contributed by atoms with E-state index >= 15 is 0 Å². The Kier molecular flexibility index (Phi) is 5.33. The molecule has 0 aliphatic carbocycles. The first kappa shape index (κ1) is 11.9. The van der Waals surface area contributed by atoms with Crippen LogP contribution >= 0.6 is 0 Å². The third kappa shape index (κ3) is 3.50. The van der Waals surface area contributed by atoms with Crippen molar-refractivity contribution in [2.75, 3.05) is 0 Å². The topological polar surface area (TPSA) is 0 Å². The molecule has 1 rings (SSSR count). The Balaban J connectivity index is 2.71. The average molecular weight is 252 g/mol. The van der Waals surface area contributed by atoms with Gasteiger partial charge in [0.1, 0.15) is 0 Å². The molecule has 1 unspecified atom stereocenters. The molecule has 0 amide bonds. The summed E-state index contributed by atoms with van der Waals surface area (Å²) in [5.41, 5.74) is 1.54. The van der Waals surface area contributed by atoms with Gasteiger partial charge in [-0.3, -0.25) is 0 Å². The quantitative estimate of drug-likeness (QED) is 0.707. The molecule has 0 fully saturated rings. The van der Waals surface area contributed by atoms with Gasteiger partial charge in [-0.25, -0.2) is 0 Å². The van der Waals surface area contributed by atoms with E-state index in [1.54, 1.807) is 16.9 Å². The fourth-order valence-corrected chi connectivity index (χ4v) is 2.35. The van der Waals surface area contributed by atoms with Crippen molar-refractivity contribution >= 4 is 21.2 Å². The van der Waals surface area contributed by atoms with Gasteiger partial charge in [0.2, 0.25) is 0 Å². The Morgan fingerprint density at radius 3 is 1.93 bits per heavy atom. The molecule has 0 bridgehead atoms. The van der Waals surface area contributed by atoms with Gasteiger partial charge in [0.25, 0.3) is 0 Å². The molecule has 1 atom stereocenters.